The van der Waals surface area contributed by atoms with Gasteiger partial charge in [0.1, 0.15) is 0 Å². The van der Waals surface area contributed by atoms with E-state index in [4.69, 9.17) is 4.74 Å². The summed E-state index contributed by atoms with van der Waals surface area (Å²) in [6.07, 6.45) is 9.98. The number of methoxy groups -OCH3 is 1. The Balaban J connectivity index is 1.33. The number of fused-ring (bicyclic) bond motifs is 1. The lowest BCUT2D eigenvalue weighted by atomic mass is 9.77. The highest BCUT2D eigenvalue weighted by molar-refractivity contribution is 5.79. The number of benzene rings is 1. The summed E-state index contributed by atoms with van der Waals surface area (Å²) in [6, 6.07) is 11.5. The van der Waals surface area contributed by atoms with Gasteiger partial charge in [-0.05, 0) is 63.5 Å². The van der Waals surface area contributed by atoms with Crippen molar-refractivity contribution in [3.63, 3.8) is 0 Å². The summed E-state index contributed by atoms with van der Waals surface area (Å²) >= 11 is 0. The average molecular weight is 371 g/mol. The molecule has 4 nitrogen and oxygen atoms in total. The Morgan fingerprint density at radius 1 is 1.22 bits per heavy atom. The summed E-state index contributed by atoms with van der Waals surface area (Å²) in [4.78, 5) is 15.0. The number of carbonyl (C=O) groups is 1. The normalized spacial score (nSPS) is 31.3. The van der Waals surface area contributed by atoms with E-state index in [9.17, 15) is 4.79 Å². The minimum atomic E-state index is 0.00441. The topological polar surface area (TPSA) is 41.6 Å². The van der Waals surface area contributed by atoms with Crippen LogP contribution in [0.5, 0.6) is 0 Å². The number of rotatable bonds is 7. The summed E-state index contributed by atoms with van der Waals surface area (Å²) in [5.74, 6) is 0.578. The Hall–Kier alpha value is -1.39. The highest BCUT2D eigenvalue weighted by Gasteiger charge is 2.51. The van der Waals surface area contributed by atoms with Gasteiger partial charge in [-0.2, -0.15) is 0 Å². The third kappa shape index (κ3) is 4.07. The van der Waals surface area contributed by atoms with Crippen molar-refractivity contribution in [1.82, 2.24) is 10.2 Å². The monoisotopic (exact) mass is 370 g/mol. The minimum Gasteiger partial charge on any atom is -0.377 e. The van der Waals surface area contributed by atoms with Crippen molar-refractivity contribution < 1.29 is 9.53 Å². The van der Waals surface area contributed by atoms with Crippen molar-refractivity contribution in [2.24, 2.45) is 5.92 Å². The predicted octanol–water partition coefficient (Wildman–Crippen LogP) is 3.55. The molecule has 0 spiro atoms. The zero-order valence-electron chi connectivity index (χ0n) is 16.7. The lowest BCUT2D eigenvalue weighted by molar-refractivity contribution is -0.129. The molecule has 27 heavy (non-hydrogen) atoms. The van der Waals surface area contributed by atoms with Crippen LogP contribution in [0, 0.1) is 5.92 Å². The number of hydrogen-bond donors (Lipinski definition) is 1. The van der Waals surface area contributed by atoms with Crippen LogP contribution in [0.25, 0.3) is 0 Å². The van der Waals surface area contributed by atoms with E-state index in [-0.39, 0.29) is 11.5 Å². The number of aryl methyl sites for hydroxylation is 1. The van der Waals surface area contributed by atoms with E-state index in [0.29, 0.717) is 18.0 Å². The van der Waals surface area contributed by atoms with E-state index >= 15 is 0 Å². The maximum Gasteiger partial charge on any atom is 0.223 e. The van der Waals surface area contributed by atoms with Crippen LogP contribution >= 0.6 is 0 Å². The standard InChI is InChI=1S/C23H34N2O2/c1-27-23-13-12-20(24-22(26)19-10-5-11-19)17-21(23)25(16-14-23)15-6-9-18-7-3-2-4-8-18/h2-4,7-8,19-21H,5-6,9-17H2,1H3,(H,24,26)/t20-,21+,23-/m1/s1. The van der Waals surface area contributed by atoms with E-state index < -0.39 is 0 Å². The largest absolute Gasteiger partial charge is 0.377 e. The second kappa shape index (κ2) is 8.32. The highest BCUT2D eigenvalue weighted by Crippen LogP contribution is 2.42. The van der Waals surface area contributed by atoms with Crippen molar-refractivity contribution in [2.45, 2.75) is 75.5 Å². The third-order valence-electron chi connectivity index (χ3n) is 7.28. The van der Waals surface area contributed by atoms with Gasteiger partial charge in [-0.1, -0.05) is 36.8 Å². The zero-order chi connectivity index (χ0) is 18.7. The molecular weight excluding hydrogens is 336 g/mol. The second-order valence-corrected chi connectivity index (χ2v) is 8.77. The fourth-order valence-electron chi connectivity index (χ4n) is 5.31. The van der Waals surface area contributed by atoms with Gasteiger partial charge < -0.3 is 10.1 Å². The first kappa shape index (κ1) is 18.9. The number of nitrogens with zero attached hydrogens (tertiary/aromatic N) is 1. The number of hydrogen-bond acceptors (Lipinski definition) is 3. The molecule has 2 aliphatic carbocycles. The molecule has 3 fully saturated rings. The summed E-state index contributed by atoms with van der Waals surface area (Å²) in [5, 5.41) is 3.36. The molecule has 3 aliphatic rings. The summed E-state index contributed by atoms with van der Waals surface area (Å²) in [7, 11) is 1.88. The number of carbonyl (C=O) groups excluding carboxylic acids is 1. The maximum absolute atomic E-state index is 12.4. The van der Waals surface area contributed by atoms with Crippen LogP contribution in [0.1, 0.15) is 56.9 Å². The van der Waals surface area contributed by atoms with Crippen LogP contribution in [0.4, 0.5) is 0 Å². The lowest BCUT2D eigenvalue weighted by Gasteiger charge is -2.44. The molecule has 3 atom stereocenters. The first-order valence-electron chi connectivity index (χ1n) is 10.8. The Morgan fingerprint density at radius 3 is 2.74 bits per heavy atom. The first-order valence-corrected chi connectivity index (χ1v) is 10.8. The summed E-state index contributed by atoms with van der Waals surface area (Å²) in [5.41, 5.74) is 1.42. The summed E-state index contributed by atoms with van der Waals surface area (Å²) < 4.78 is 6.08. The van der Waals surface area contributed by atoms with Crippen LogP contribution in [0.15, 0.2) is 30.3 Å². The van der Waals surface area contributed by atoms with Crippen LogP contribution < -0.4 is 5.32 Å². The number of ether oxygens (including phenoxy) is 1. The van der Waals surface area contributed by atoms with Crippen molar-refractivity contribution in [1.29, 1.82) is 0 Å². The molecule has 4 heteroatoms. The molecule has 0 bridgehead atoms. The maximum atomic E-state index is 12.4. The Morgan fingerprint density at radius 2 is 2.04 bits per heavy atom. The second-order valence-electron chi connectivity index (χ2n) is 8.77. The quantitative estimate of drug-likeness (QED) is 0.798. The molecule has 1 saturated heterocycles. The first-order chi connectivity index (χ1) is 13.2. The molecule has 148 valence electrons. The Labute approximate surface area is 163 Å². The van der Waals surface area contributed by atoms with Gasteiger partial charge in [-0.25, -0.2) is 0 Å². The molecule has 0 unspecified atom stereocenters. The average Bonchev–Trinajstić information content (AvgIpc) is 3.00. The van der Waals surface area contributed by atoms with Crippen molar-refractivity contribution in [3.05, 3.63) is 35.9 Å². The van der Waals surface area contributed by atoms with E-state index in [0.717, 1.165) is 58.0 Å². The van der Waals surface area contributed by atoms with Crippen molar-refractivity contribution >= 4 is 5.91 Å². The van der Waals surface area contributed by atoms with Gasteiger partial charge in [0.15, 0.2) is 0 Å². The van der Waals surface area contributed by atoms with Crippen molar-refractivity contribution in [3.8, 4) is 0 Å². The molecule has 1 aromatic carbocycles. The van der Waals surface area contributed by atoms with Gasteiger partial charge in [-0.3, -0.25) is 9.69 Å². The van der Waals surface area contributed by atoms with E-state index in [1.807, 2.05) is 7.11 Å². The van der Waals surface area contributed by atoms with E-state index in [1.165, 1.54) is 18.4 Å². The lowest BCUT2D eigenvalue weighted by Crippen LogP contribution is -2.55. The zero-order valence-corrected chi connectivity index (χ0v) is 16.7. The van der Waals surface area contributed by atoms with E-state index in [2.05, 4.69) is 40.5 Å². The smallest absolute Gasteiger partial charge is 0.223 e. The van der Waals surface area contributed by atoms with Crippen LogP contribution in [-0.4, -0.2) is 48.7 Å². The van der Waals surface area contributed by atoms with E-state index in [1.54, 1.807) is 0 Å². The third-order valence-corrected chi connectivity index (χ3v) is 7.28. The minimum absolute atomic E-state index is 0.00441. The van der Waals surface area contributed by atoms with Crippen molar-refractivity contribution in [2.75, 3.05) is 20.2 Å². The molecule has 1 amide bonds. The molecule has 1 heterocycles. The fourth-order valence-corrected chi connectivity index (χ4v) is 5.31. The molecule has 1 aromatic rings. The van der Waals surface area contributed by atoms with Gasteiger partial charge in [0.2, 0.25) is 5.91 Å². The van der Waals surface area contributed by atoms with Crippen LogP contribution in [0.2, 0.25) is 0 Å². The molecule has 4 rings (SSSR count). The summed E-state index contributed by atoms with van der Waals surface area (Å²) in [6.45, 7) is 2.24. The Kier molecular flexibility index (Phi) is 5.84. The van der Waals surface area contributed by atoms with Gasteiger partial charge in [0.25, 0.3) is 0 Å². The Bertz CT molecular complexity index is 631. The van der Waals surface area contributed by atoms with Crippen LogP contribution in [0.3, 0.4) is 0 Å². The SMILES string of the molecule is CO[C@@]12CC[C@@H](NC(=O)C3CCC3)C[C@@H]1N(CCCc1ccccc1)CC2. The van der Waals surface area contributed by atoms with Gasteiger partial charge in [-0.15, -0.1) is 0 Å². The fraction of sp³-hybridized carbons (Fsp3) is 0.696. The van der Waals surface area contributed by atoms with Gasteiger partial charge in [0.05, 0.1) is 5.60 Å². The number of nitrogens with one attached hydrogen (secondary N) is 1. The predicted molar refractivity (Wildman–Crippen MR) is 108 cm³/mol. The number of amides is 1. The molecule has 0 aromatic heterocycles. The van der Waals surface area contributed by atoms with Crippen LogP contribution in [-0.2, 0) is 16.0 Å². The molecule has 2 saturated carbocycles. The van der Waals surface area contributed by atoms with Gasteiger partial charge >= 0.3 is 0 Å². The molecule has 1 aliphatic heterocycles. The molecule has 0 radical (unpaired) electrons. The molecule has 1 N–H and O–H groups in total. The number of likely N-dealkylation sites (tertiary alicyclic amines) is 1. The van der Waals surface area contributed by atoms with Gasteiger partial charge in [0, 0.05) is 31.7 Å². The highest BCUT2D eigenvalue weighted by atomic mass is 16.5. The molecular formula is C23H34N2O2.